The minimum Gasteiger partial charge on any atom is -0.379 e. The molecule has 1 aliphatic rings. The van der Waals surface area contributed by atoms with Gasteiger partial charge < -0.3 is 21.1 Å². The summed E-state index contributed by atoms with van der Waals surface area (Å²) in [7, 11) is 0. The van der Waals surface area contributed by atoms with Gasteiger partial charge in [0.05, 0.1) is 19.1 Å². The second kappa shape index (κ2) is 6.49. The predicted octanol–water partition coefficient (Wildman–Crippen LogP) is 0.349. The highest BCUT2D eigenvalue weighted by atomic mass is 16.5. The number of carbonyl (C=O) groups excluding carboxylic acids is 2. The van der Waals surface area contributed by atoms with E-state index < -0.39 is 0 Å². The highest BCUT2D eigenvalue weighted by Gasteiger charge is 2.31. The number of carbonyl (C=O) groups is 2. The summed E-state index contributed by atoms with van der Waals surface area (Å²) in [5.41, 5.74) is 6.99. The smallest absolute Gasteiger partial charge is 0.251 e. The molecule has 1 heterocycles. The van der Waals surface area contributed by atoms with Gasteiger partial charge >= 0.3 is 0 Å². The molecular formula is C14H19N3O3. The molecule has 1 fully saturated rings. The zero-order valence-electron chi connectivity index (χ0n) is 11.4. The SMILES string of the molecule is CCNC(=O)c1ccc(NC(=O)C2COCC2N)cc1. The van der Waals surface area contributed by atoms with Crippen molar-refractivity contribution in [3.05, 3.63) is 29.8 Å². The third-order valence-corrected chi connectivity index (χ3v) is 3.21. The largest absolute Gasteiger partial charge is 0.379 e. The molecule has 1 aliphatic heterocycles. The van der Waals surface area contributed by atoms with Crippen LogP contribution in [0.5, 0.6) is 0 Å². The van der Waals surface area contributed by atoms with Crippen molar-refractivity contribution in [2.75, 3.05) is 25.1 Å². The maximum absolute atomic E-state index is 12.0. The number of ether oxygens (including phenoxy) is 1. The number of benzene rings is 1. The molecule has 0 radical (unpaired) electrons. The lowest BCUT2D eigenvalue weighted by atomic mass is 10.0. The summed E-state index contributed by atoms with van der Waals surface area (Å²) in [6.45, 7) is 3.20. The van der Waals surface area contributed by atoms with Crippen molar-refractivity contribution in [2.45, 2.75) is 13.0 Å². The van der Waals surface area contributed by atoms with E-state index in [0.717, 1.165) is 0 Å². The Labute approximate surface area is 117 Å². The summed E-state index contributed by atoms with van der Waals surface area (Å²) in [4.78, 5) is 23.6. The van der Waals surface area contributed by atoms with Crippen LogP contribution >= 0.6 is 0 Å². The number of nitrogens with one attached hydrogen (secondary N) is 2. The Morgan fingerprint density at radius 3 is 2.55 bits per heavy atom. The first-order valence-corrected chi connectivity index (χ1v) is 6.64. The van der Waals surface area contributed by atoms with Gasteiger partial charge in [0, 0.05) is 23.8 Å². The lowest BCUT2D eigenvalue weighted by molar-refractivity contribution is -0.120. The van der Waals surface area contributed by atoms with Crippen LogP contribution in [0.3, 0.4) is 0 Å². The molecule has 2 amide bonds. The van der Waals surface area contributed by atoms with Crippen molar-refractivity contribution in [2.24, 2.45) is 11.7 Å². The molecule has 1 saturated heterocycles. The van der Waals surface area contributed by atoms with E-state index in [9.17, 15) is 9.59 Å². The zero-order chi connectivity index (χ0) is 14.5. The van der Waals surface area contributed by atoms with Gasteiger partial charge in [0.25, 0.3) is 5.91 Å². The van der Waals surface area contributed by atoms with Gasteiger partial charge in [0.1, 0.15) is 0 Å². The molecule has 6 heteroatoms. The highest BCUT2D eigenvalue weighted by Crippen LogP contribution is 2.16. The molecule has 0 saturated carbocycles. The Morgan fingerprint density at radius 2 is 2.00 bits per heavy atom. The first-order valence-electron chi connectivity index (χ1n) is 6.64. The highest BCUT2D eigenvalue weighted by molar-refractivity contribution is 5.96. The van der Waals surface area contributed by atoms with Gasteiger partial charge in [-0.05, 0) is 31.2 Å². The van der Waals surface area contributed by atoms with Crippen LogP contribution in [0, 0.1) is 5.92 Å². The van der Waals surface area contributed by atoms with E-state index in [2.05, 4.69) is 10.6 Å². The summed E-state index contributed by atoms with van der Waals surface area (Å²) >= 11 is 0. The Hall–Kier alpha value is -1.92. The molecule has 0 bridgehead atoms. The minimum atomic E-state index is -0.321. The van der Waals surface area contributed by atoms with Crippen molar-refractivity contribution < 1.29 is 14.3 Å². The topological polar surface area (TPSA) is 93.5 Å². The minimum absolute atomic E-state index is 0.128. The van der Waals surface area contributed by atoms with Crippen molar-refractivity contribution in [1.82, 2.24) is 5.32 Å². The van der Waals surface area contributed by atoms with E-state index >= 15 is 0 Å². The van der Waals surface area contributed by atoms with E-state index in [1.165, 1.54) is 0 Å². The second-order valence-electron chi connectivity index (χ2n) is 4.73. The molecule has 108 valence electrons. The number of rotatable bonds is 4. The molecule has 1 aromatic carbocycles. The molecule has 1 aromatic rings. The normalized spacial score (nSPS) is 21.5. The standard InChI is InChI=1S/C14H19N3O3/c1-2-16-13(18)9-3-5-10(6-4-9)17-14(19)11-7-20-8-12(11)15/h3-6,11-12H,2,7-8,15H2,1H3,(H,16,18)(H,17,19). The maximum atomic E-state index is 12.0. The number of amides is 2. The number of nitrogens with two attached hydrogens (primary N) is 1. The van der Waals surface area contributed by atoms with Crippen LogP contribution in [-0.2, 0) is 9.53 Å². The van der Waals surface area contributed by atoms with Gasteiger partial charge in [-0.3, -0.25) is 9.59 Å². The summed E-state index contributed by atoms with van der Waals surface area (Å²) in [5, 5.41) is 5.50. The predicted molar refractivity (Wildman–Crippen MR) is 75.4 cm³/mol. The average molecular weight is 277 g/mol. The molecule has 0 spiro atoms. The van der Waals surface area contributed by atoms with Gasteiger partial charge in [-0.1, -0.05) is 0 Å². The third-order valence-electron chi connectivity index (χ3n) is 3.21. The van der Waals surface area contributed by atoms with E-state index in [-0.39, 0.29) is 23.8 Å². The van der Waals surface area contributed by atoms with Crippen LogP contribution in [0.2, 0.25) is 0 Å². The lowest BCUT2D eigenvalue weighted by Crippen LogP contribution is -2.37. The van der Waals surface area contributed by atoms with Crippen LogP contribution < -0.4 is 16.4 Å². The molecule has 4 N–H and O–H groups in total. The molecule has 0 aliphatic carbocycles. The molecule has 2 atom stereocenters. The average Bonchev–Trinajstić information content (AvgIpc) is 2.86. The molecule has 6 nitrogen and oxygen atoms in total. The van der Waals surface area contributed by atoms with Gasteiger partial charge in [-0.25, -0.2) is 0 Å². The monoisotopic (exact) mass is 277 g/mol. The zero-order valence-corrected chi connectivity index (χ0v) is 11.4. The fourth-order valence-electron chi connectivity index (χ4n) is 2.04. The van der Waals surface area contributed by atoms with E-state index in [1.54, 1.807) is 24.3 Å². The van der Waals surface area contributed by atoms with E-state index in [0.29, 0.717) is 31.0 Å². The van der Waals surface area contributed by atoms with Crippen LogP contribution in [0.15, 0.2) is 24.3 Å². The summed E-state index contributed by atoms with van der Waals surface area (Å²) in [5.74, 6) is -0.601. The molecule has 0 aromatic heterocycles. The summed E-state index contributed by atoms with van der Waals surface area (Å²) < 4.78 is 5.17. The van der Waals surface area contributed by atoms with Gasteiger partial charge in [-0.2, -0.15) is 0 Å². The molecule has 20 heavy (non-hydrogen) atoms. The Balaban J connectivity index is 1.96. The first kappa shape index (κ1) is 14.5. The summed E-state index contributed by atoms with van der Waals surface area (Å²) in [6, 6.07) is 6.48. The lowest BCUT2D eigenvalue weighted by Gasteiger charge is -2.13. The Morgan fingerprint density at radius 1 is 1.30 bits per heavy atom. The third kappa shape index (κ3) is 3.34. The van der Waals surface area contributed by atoms with Crippen LogP contribution in [0.25, 0.3) is 0 Å². The fourth-order valence-corrected chi connectivity index (χ4v) is 2.04. The van der Waals surface area contributed by atoms with Crippen LogP contribution in [-0.4, -0.2) is 37.6 Å². The maximum Gasteiger partial charge on any atom is 0.251 e. The number of hydrogen-bond donors (Lipinski definition) is 3. The van der Waals surface area contributed by atoms with Crippen molar-refractivity contribution in [3.63, 3.8) is 0 Å². The molecule has 2 unspecified atom stereocenters. The quantitative estimate of drug-likeness (QED) is 0.740. The summed E-state index contributed by atoms with van der Waals surface area (Å²) in [6.07, 6.45) is 0. The molecular weight excluding hydrogens is 258 g/mol. The van der Waals surface area contributed by atoms with Crippen molar-refractivity contribution >= 4 is 17.5 Å². The molecule has 2 rings (SSSR count). The Bertz CT molecular complexity index is 487. The Kier molecular flexibility index (Phi) is 4.70. The first-order chi connectivity index (χ1) is 9.61. The van der Waals surface area contributed by atoms with Crippen molar-refractivity contribution in [1.29, 1.82) is 0 Å². The van der Waals surface area contributed by atoms with Gasteiger partial charge in [-0.15, -0.1) is 0 Å². The van der Waals surface area contributed by atoms with Crippen LogP contribution in [0.4, 0.5) is 5.69 Å². The second-order valence-corrected chi connectivity index (χ2v) is 4.73. The van der Waals surface area contributed by atoms with Crippen LogP contribution in [0.1, 0.15) is 17.3 Å². The number of hydrogen-bond acceptors (Lipinski definition) is 4. The van der Waals surface area contributed by atoms with E-state index in [1.807, 2.05) is 6.92 Å². The van der Waals surface area contributed by atoms with Gasteiger partial charge in [0.2, 0.25) is 5.91 Å². The van der Waals surface area contributed by atoms with Crippen molar-refractivity contribution in [3.8, 4) is 0 Å². The number of anilines is 1. The fraction of sp³-hybridized carbons (Fsp3) is 0.429. The van der Waals surface area contributed by atoms with Gasteiger partial charge in [0.15, 0.2) is 0 Å². The van der Waals surface area contributed by atoms with E-state index in [4.69, 9.17) is 10.5 Å².